The highest BCUT2D eigenvalue weighted by molar-refractivity contribution is 7.99. The van der Waals surface area contributed by atoms with Crippen LogP contribution in [0.3, 0.4) is 0 Å². The molecule has 0 unspecified atom stereocenters. The van der Waals surface area contributed by atoms with E-state index in [9.17, 15) is 9.90 Å². The van der Waals surface area contributed by atoms with Gasteiger partial charge < -0.3 is 19.9 Å². The second-order valence-electron chi connectivity index (χ2n) is 5.08. The maximum atomic E-state index is 12.3. The Kier molecular flexibility index (Phi) is 4.45. The third kappa shape index (κ3) is 3.00. The predicted octanol–water partition coefficient (Wildman–Crippen LogP) is 2.85. The summed E-state index contributed by atoms with van der Waals surface area (Å²) in [4.78, 5) is 13.2. The van der Waals surface area contributed by atoms with Crippen LogP contribution in [0.15, 0.2) is 47.4 Å². The minimum absolute atomic E-state index is 0.408. The van der Waals surface area contributed by atoms with Gasteiger partial charge in [-0.25, -0.2) is 0 Å². The lowest BCUT2D eigenvalue weighted by molar-refractivity contribution is -0.124. The lowest BCUT2D eigenvalue weighted by atomic mass is 10.1. The molecule has 1 aliphatic rings. The zero-order chi connectivity index (χ0) is 16.4. The summed E-state index contributed by atoms with van der Waals surface area (Å²) in [6, 6.07) is 12.9. The zero-order valence-electron chi connectivity index (χ0n) is 12.8. The van der Waals surface area contributed by atoms with Crippen molar-refractivity contribution in [2.24, 2.45) is 0 Å². The summed E-state index contributed by atoms with van der Waals surface area (Å²) in [5.41, 5.74) is 1.45. The molecule has 5 nitrogen and oxygen atoms in total. The van der Waals surface area contributed by atoms with Crippen LogP contribution in [0.4, 0.5) is 5.69 Å². The van der Waals surface area contributed by atoms with Gasteiger partial charge in [0.2, 0.25) is 0 Å². The van der Waals surface area contributed by atoms with Gasteiger partial charge in [-0.1, -0.05) is 18.2 Å². The van der Waals surface area contributed by atoms with Crippen LogP contribution < -0.4 is 14.8 Å². The summed E-state index contributed by atoms with van der Waals surface area (Å²) >= 11 is 1.43. The summed E-state index contributed by atoms with van der Waals surface area (Å²) in [6.45, 7) is 0. The van der Waals surface area contributed by atoms with Crippen LogP contribution in [0.25, 0.3) is 0 Å². The lowest BCUT2D eigenvalue weighted by Crippen LogP contribution is -2.30. The van der Waals surface area contributed by atoms with Gasteiger partial charge >= 0.3 is 0 Å². The number of rotatable bonds is 3. The smallest absolute Gasteiger partial charge is 0.254 e. The van der Waals surface area contributed by atoms with Gasteiger partial charge in [-0.15, -0.1) is 11.8 Å². The fourth-order valence-electron chi connectivity index (χ4n) is 2.48. The van der Waals surface area contributed by atoms with Crippen LogP contribution in [0.1, 0.15) is 10.8 Å². The molecule has 1 aliphatic heterocycles. The number of fused-ring (bicyclic) bond motifs is 1. The van der Waals surface area contributed by atoms with E-state index in [1.165, 1.54) is 11.8 Å². The van der Waals surface area contributed by atoms with Crippen molar-refractivity contribution in [1.29, 1.82) is 0 Å². The Hall–Kier alpha value is -2.18. The third-order valence-corrected chi connectivity index (χ3v) is 5.09. The first-order valence-corrected chi connectivity index (χ1v) is 7.98. The molecule has 0 aliphatic carbocycles. The van der Waals surface area contributed by atoms with Crippen molar-refractivity contribution in [3.05, 3.63) is 48.0 Å². The van der Waals surface area contributed by atoms with Crippen LogP contribution in [-0.2, 0) is 4.79 Å². The van der Waals surface area contributed by atoms with Gasteiger partial charge in [0, 0.05) is 4.90 Å². The minimum atomic E-state index is -1.16. The molecule has 1 heterocycles. The Morgan fingerprint density at radius 1 is 1.09 bits per heavy atom. The van der Waals surface area contributed by atoms with E-state index in [1.54, 1.807) is 20.3 Å². The Balaban J connectivity index is 2.01. The molecular weight excluding hydrogens is 314 g/mol. The molecule has 0 fully saturated rings. The number of ether oxygens (including phenoxy) is 2. The number of hydrogen-bond donors (Lipinski definition) is 2. The maximum absolute atomic E-state index is 12.3. The Morgan fingerprint density at radius 2 is 1.83 bits per heavy atom. The highest BCUT2D eigenvalue weighted by Gasteiger charge is 2.33. The molecule has 2 atom stereocenters. The van der Waals surface area contributed by atoms with Crippen LogP contribution in [0, 0.1) is 0 Å². The van der Waals surface area contributed by atoms with Crippen LogP contribution in [0.5, 0.6) is 11.5 Å². The van der Waals surface area contributed by atoms with Crippen LogP contribution >= 0.6 is 11.8 Å². The van der Waals surface area contributed by atoms with Crippen molar-refractivity contribution >= 4 is 23.4 Å². The molecule has 0 bridgehead atoms. The summed E-state index contributed by atoms with van der Waals surface area (Å²) < 4.78 is 10.4. The number of aliphatic hydroxyl groups excluding tert-OH is 1. The number of benzene rings is 2. The third-order valence-electron chi connectivity index (χ3n) is 3.71. The maximum Gasteiger partial charge on any atom is 0.254 e. The second kappa shape index (κ2) is 6.52. The van der Waals surface area contributed by atoms with E-state index >= 15 is 0 Å². The van der Waals surface area contributed by atoms with E-state index in [4.69, 9.17) is 9.47 Å². The Bertz CT molecular complexity index is 717. The van der Waals surface area contributed by atoms with E-state index in [2.05, 4.69) is 5.32 Å². The monoisotopic (exact) mass is 331 g/mol. The molecule has 0 radical (unpaired) electrons. The van der Waals surface area contributed by atoms with Crippen molar-refractivity contribution in [3.8, 4) is 11.5 Å². The first-order valence-electron chi connectivity index (χ1n) is 7.10. The summed E-state index contributed by atoms with van der Waals surface area (Å²) in [5.74, 6) is 0.862. The van der Waals surface area contributed by atoms with Gasteiger partial charge in [-0.2, -0.15) is 0 Å². The van der Waals surface area contributed by atoms with E-state index < -0.39 is 17.3 Å². The van der Waals surface area contributed by atoms with Crippen molar-refractivity contribution in [1.82, 2.24) is 0 Å². The zero-order valence-corrected chi connectivity index (χ0v) is 13.6. The minimum Gasteiger partial charge on any atom is -0.497 e. The SMILES string of the molecule is COc1ccc([C@H]2Sc3cccc(OC)c3NC(=O)[C@H]2O)cc1. The van der Waals surface area contributed by atoms with Crippen LogP contribution in [0.2, 0.25) is 0 Å². The average molecular weight is 331 g/mol. The molecule has 1 amide bonds. The molecule has 0 spiro atoms. The number of aliphatic hydroxyl groups is 1. The number of nitrogens with one attached hydrogen (secondary N) is 1. The number of thioether (sulfide) groups is 1. The van der Waals surface area contributed by atoms with E-state index in [0.717, 1.165) is 16.2 Å². The molecule has 120 valence electrons. The van der Waals surface area contributed by atoms with Gasteiger partial charge in [0.05, 0.1) is 25.2 Å². The van der Waals surface area contributed by atoms with Crippen molar-refractivity contribution in [3.63, 3.8) is 0 Å². The molecular formula is C17H17NO4S. The number of methoxy groups -OCH3 is 2. The highest BCUT2D eigenvalue weighted by atomic mass is 32.2. The highest BCUT2D eigenvalue weighted by Crippen LogP contribution is 2.46. The topological polar surface area (TPSA) is 67.8 Å². The van der Waals surface area contributed by atoms with Gasteiger partial charge in [-0.05, 0) is 29.8 Å². The fraction of sp³-hybridized carbons (Fsp3) is 0.235. The molecule has 0 aromatic heterocycles. The first kappa shape index (κ1) is 15.7. The Morgan fingerprint density at radius 3 is 2.48 bits per heavy atom. The summed E-state index contributed by atoms with van der Waals surface area (Å²) in [6.07, 6.45) is -1.16. The number of anilines is 1. The van der Waals surface area contributed by atoms with Crippen molar-refractivity contribution < 1.29 is 19.4 Å². The standard InChI is InChI=1S/C17H17NO4S/c1-21-11-8-6-10(7-9-11)16-15(19)17(20)18-14-12(22-2)4-3-5-13(14)23-16/h3-9,15-16,19H,1-2H3,(H,18,20)/t15-,16+/m0/s1. The van der Waals surface area contributed by atoms with Gasteiger partial charge in [0.15, 0.2) is 0 Å². The molecule has 2 aromatic carbocycles. The molecule has 0 saturated heterocycles. The number of carbonyl (C=O) groups excluding carboxylic acids is 1. The molecule has 3 rings (SSSR count). The molecule has 2 aromatic rings. The number of carbonyl (C=O) groups is 1. The molecule has 6 heteroatoms. The van der Waals surface area contributed by atoms with Gasteiger partial charge in [0.1, 0.15) is 17.6 Å². The average Bonchev–Trinajstić information content (AvgIpc) is 2.72. The fourth-order valence-corrected chi connectivity index (χ4v) is 3.73. The Labute approximate surface area is 138 Å². The molecule has 23 heavy (non-hydrogen) atoms. The largest absolute Gasteiger partial charge is 0.497 e. The van der Waals surface area contributed by atoms with E-state index in [1.807, 2.05) is 36.4 Å². The molecule has 2 N–H and O–H groups in total. The normalized spacial score (nSPS) is 20.2. The molecule has 0 saturated carbocycles. The predicted molar refractivity (Wildman–Crippen MR) is 89.2 cm³/mol. The van der Waals surface area contributed by atoms with E-state index in [-0.39, 0.29) is 0 Å². The van der Waals surface area contributed by atoms with Crippen molar-refractivity contribution in [2.45, 2.75) is 16.2 Å². The second-order valence-corrected chi connectivity index (χ2v) is 6.26. The lowest BCUT2D eigenvalue weighted by Gasteiger charge is -2.19. The summed E-state index contributed by atoms with van der Waals surface area (Å²) in [7, 11) is 3.15. The quantitative estimate of drug-likeness (QED) is 0.905. The van der Waals surface area contributed by atoms with Gasteiger partial charge in [-0.3, -0.25) is 4.79 Å². The summed E-state index contributed by atoms with van der Waals surface area (Å²) in [5, 5.41) is 12.8. The number of para-hydroxylation sites is 1. The van der Waals surface area contributed by atoms with Gasteiger partial charge in [0.25, 0.3) is 5.91 Å². The number of hydrogen-bond acceptors (Lipinski definition) is 5. The number of amides is 1. The first-order chi connectivity index (χ1) is 11.1. The van der Waals surface area contributed by atoms with Crippen molar-refractivity contribution in [2.75, 3.05) is 19.5 Å². The van der Waals surface area contributed by atoms with Crippen LogP contribution in [-0.4, -0.2) is 31.3 Å². The van der Waals surface area contributed by atoms with E-state index in [0.29, 0.717) is 11.4 Å².